The number of ether oxygens (including phenoxy) is 1. The van der Waals surface area contributed by atoms with E-state index in [0.29, 0.717) is 17.1 Å². The normalized spacial score (nSPS) is 19.1. The Bertz CT molecular complexity index is 847. The number of amides is 1. The summed E-state index contributed by atoms with van der Waals surface area (Å²) in [5.41, 5.74) is 0.163. The van der Waals surface area contributed by atoms with Crippen molar-refractivity contribution in [2.75, 3.05) is 6.54 Å². The first-order chi connectivity index (χ1) is 12.7. The molecule has 0 spiro atoms. The molecule has 2 aromatic carbocycles. The van der Waals surface area contributed by atoms with Crippen LogP contribution in [0.1, 0.15) is 22.8 Å². The summed E-state index contributed by atoms with van der Waals surface area (Å²) < 4.78 is 45.6. The number of hydrogen-bond donors (Lipinski definition) is 2. The maximum Gasteiger partial charge on any atom is 0.416 e. The Balaban J connectivity index is 1.86. The lowest BCUT2D eigenvalue weighted by atomic mass is 10.0. The van der Waals surface area contributed by atoms with Crippen molar-refractivity contribution in [3.8, 4) is 5.75 Å². The lowest BCUT2D eigenvalue weighted by Gasteiger charge is -2.32. The summed E-state index contributed by atoms with van der Waals surface area (Å²) in [5, 5.41) is 10.9. The number of hydrogen-bond acceptors (Lipinski definition) is 3. The van der Waals surface area contributed by atoms with Crippen LogP contribution in [0.5, 0.6) is 5.75 Å². The van der Waals surface area contributed by atoms with E-state index in [2.05, 4.69) is 21.2 Å². The van der Waals surface area contributed by atoms with E-state index < -0.39 is 23.9 Å². The van der Waals surface area contributed by atoms with Gasteiger partial charge in [0.2, 0.25) is 0 Å². The van der Waals surface area contributed by atoms with Gasteiger partial charge in [-0.2, -0.15) is 13.2 Å². The number of carboxylic acid groups (broad SMARTS) is 1. The average Bonchev–Trinajstić information content (AvgIpc) is 2.60. The largest absolute Gasteiger partial charge is 0.488 e. The smallest absolute Gasteiger partial charge is 0.416 e. The Morgan fingerprint density at radius 3 is 2.78 bits per heavy atom. The lowest BCUT2D eigenvalue weighted by molar-refractivity contribution is -0.137. The highest BCUT2D eigenvalue weighted by Gasteiger charge is 2.32. The van der Waals surface area contributed by atoms with E-state index in [0.717, 1.165) is 22.2 Å². The third-order valence-electron chi connectivity index (χ3n) is 4.01. The van der Waals surface area contributed by atoms with Crippen molar-refractivity contribution >= 4 is 33.8 Å². The summed E-state index contributed by atoms with van der Waals surface area (Å²) >= 11 is 4.71. The minimum atomic E-state index is -4.40. The molecular formula is C18H15BrF3NO3S. The molecule has 4 nitrogen and oxygen atoms in total. The summed E-state index contributed by atoms with van der Waals surface area (Å²) in [6.45, 7) is 0.102. The number of nitrogens with one attached hydrogen (secondary N) is 1. The van der Waals surface area contributed by atoms with Crippen LogP contribution in [-0.2, 0) is 6.18 Å². The predicted molar refractivity (Wildman–Crippen MR) is 99.2 cm³/mol. The van der Waals surface area contributed by atoms with Crippen molar-refractivity contribution in [2.45, 2.75) is 28.8 Å². The summed E-state index contributed by atoms with van der Waals surface area (Å²) in [5.74, 6) is 0.603. The van der Waals surface area contributed by atoms with Crippen molar-refractivity contribution in [2.24, 2.45) is 0 Å². The molecule has 1 aliphatic heterocycles. The van der Waals surface area contributed by atoms with Crippen molar-refractivity contribution < 1.29 is 27.8 Å². The van der Waals surface area contributed by atoms with E-state index in [1.54, 1.807) is 18.2 Å². The van der Waals surface area contributed by atoms with Crippen LogP contribution >= 0.6 is 27.7 Å². The summed E-state index contributed by atoms with van der Waals surface area (Å²) in [4.78, 5) is 11.2. The molecule has 144 valence electrons. The minimum absolute atomic E-state index is 0.102. The predicted octanol–water partition coefficient (Wildman–Crippen LogP) is 5.72. The first-order valence-corrected chi connectivity index (χ1v) is 9.66. The molecule has 1 heterocycles. The number of benzene rings is 2. The zero-order chi connectivity index (χ0) is 19.6. The van der Waals surface area contributed by atoms with Gasteiger partial charge in [0, 0.05) is 26.6 Å². The average molecular weight is 462 g/mol. The fraction of sp³-hybridized carbons (Fsp3) is 0.278. The Hall–Kier alpha value is -1.87. The summed E-state index contributed by atoms with van der Waals surface area (Å²) in [7, 11) is 0. The van der Waals surface area contributed by atoms with Gasteiger partial charge in [-0.05, 0) is 36.4 Å². The molecule has 2 unspecified atom stereocenters. The molecule has 0 saturated carbocycles. The highest BCUT2D eigenvalue weighted by Crippen LogP contribution is 2.47. The molecular weight excluding hydrogens is 447 g/mol. The van der Waals surface area contributed by atoms with Gasteiger partial charge in [-0.1, -0.05) is 22.0 Å². The quantitative estimate of drug-likeness (QED) is 0.611. The van der Waals surface area contributed by atoms with Gasteiger partial charge in [0.15, 0.2) is 0 Å². The van der Waals surface area contributed by atoms with E-state index in [-0.39, 0.29) is 11.8 Å². The van der Waals surface area contributed by atoms with E-state index >= 15 is 0 Å². The molecule has 2 atom stereocenters. The molecule has 0 bridgehead atoms. The van der Waals surface area contributed by atoms with Gasteiger partial charge in [-0.15, -0.1) is 11.8 Å². The number of fused-ring (bicyclic) bond motifs is 1. The minimum Gasteiger partial charge on any atom is -0.488 e. The molecule has 1 aliphatic rings. The number of halogens is 4. The van der Waals surface area contributed by atoms with Gasteiger partial charge in [-0.25, -0.2) is 4.79 Å². The molecule has 0 aromatic heterocycles. The topological polar surface area (TPSA) is 58.6 Å². The fourth-order valence-electron chi connectivity index (χ4n) is 2.82. The molecule has 9 heteroatoms. The zero-order valence-electron chi connectivity index (χ0n) is 13.8. The highest BCUT2D eigenvalue weighted by atomic mass is 79.9. The third-order valence-corrected chi connectivity index (χ3v) is 5.76. The van der Waals surface area contributed by atoms with Crippen LogP contribution in [0.15, 0.2) is 51.8 Å². The van der Waals surface area contributed by atoms with Crippen molar-refractivity contribution in [1.29, 1.82) is 0 Å². The van der Waals surface area contributed by atoms with Crippen LogP contribution in [0.2, 0.25) is 0 Å². The molecule has 0 aliphatic carbocycles. The lowest BCUT2D eigenvalue weighted by Crippen LogP contribution is -2.37. The van der Waals surface area contributed by atoms with Crippen LogP contribution in [0.4, 0.5) is 18.0 Å². The van der Waals surface area contributed by atoms with Crippen LogP contribution in [0, 0.1) is 0 Å². The molecule has 2 N–H and O–H groups in total. The van der Waals surface area contributed by atoms with Gasteiger partial charge in [0.05, 0.1) is 12.1 Å². The first-order valence-electron chi connectivity index (χ1n) is 7.99. The van der Waals surface area contributed by atoms with Crippen molar-refractivity contribution in [3.63, 3.8) is 0 Å². The van der Waals surface area contributed by atoms with Gasteiger partial charge < -0.3 is 15.2 Å². The number of thioether (sulfide) groups is 1. The molecule has 3 rings (SSSR count). The van der Waals surface area contributed by atoms with Gasteiger partial charge in [0.1, 0.15) is 11.9 Å². The first kappa shape index (κ1) is 19.9. The Kier molecular flexibility index (Phi) is 5.90. The monoisotopic (exact) mass is 461 g/mol. The van der Waals surface area contributed by atoms with Crippen LogP contribution in [-0.4, -0.2) is 23.8 Å². The number of alkyl halides is 3. The van der Waals surface area contributed by atoms with E-state index in [1.807, 2.05) is 6.07 Å². The molecule has 0 fully saturated rings. The molecule has 0 saturated heterocycles. The van der Waals surface area contributed by atoms with Gasteiger partial charge in [0.25, 0.3) is 0 Å². The Morgan fingerprint density at radius 2 is 2.07 bits per heavy atom. The number of rotatable bonds is 4. The summed E-state index contributed by atoms with van der Waals surface area (Å²) in [6.07, 6.45) is -5.49. The van der Waals surface area contributed by atoms with E-state index in [1.165, 1.54) is 17.8 Å². The zero-order valence-corrected chi connectivity index (χ0v) is 16.2. The number of carbonyl (C=O) groups is 1. The molecule has 1 amide bonds. The standard InChI is InChI=1S/C18H15BrF3NO3S/c19-11-4-5-15-14(7-11)16(8-12(26-15)9-23-17(24)25)27-13-3-1-2-10(6-13)18(20,21)22/h1-7,12,16,23H,8-9H2,(H,24,25). The van der Waals surface area contributed by atoms with Crippen LogP contribution in [0.3, 0.4) is 0 Å². The Morgan fingerprint density at radius 1 is 1.30 bits per heavy atom. The molecule has 0 radical (unpaired) electrons. The van der Waals surface area contributed by atoms with Gasteiger partial charge in [-0.3, -0.25) is 0 Å². The molecule has 2 aromatic rings. The second-order valence-electron chi connectivity index (χ2n) is 5.98. The summed E-state index contributed by atoms with van der Waals surface area (Å²) in [6, 6.07) is 10.6. The van der Waals surface area contributed by atoms with Crippen molar-refractivity contribution in [3.05, 3.63) is 58.1 Å². The van der Waals surface area contributed by atoms with Crippen LogP contribution < -0.4 is 10.1 Å². The maximum absolute atomic E-state index is 13.0. The van der Waals surface area contributed by atoms with E-state index in [9.17, 15) is 18.0 Å². The fourth-order valence-corrected chi connectivity index (χ4v) is 4.50. The molecule has 27 heavy (non-hydrogen) atoms. The van der Waals surface area contributed by atoms with Crippen molar-refractivity contribution in [1.82, 2.24) is 5.32 Å². The maximum atomic E-state index is 13.0. The third kappa shape index (κ3) is 5.10. The van der Waals surface area contributed by atoms with Crippen LogP contribution in [0.25, 0.3) is 0 Å². The SMILES string of the molecule is O=C(O)NCC1CC(Sc2cccc(C(F)(F)F)c2)c2cc(Br)ccc2O1. The second kappa shape index (κ2) is 8.02. The second-order valence-corrected chi connectivity index (χ2v) is 8.17. The van der Waals surface area contributed by atoms with Gasteiger partial charge >= 0.3 is 12.3 Å². The highest BCUT2D eigenvalue weighted by molar-refractivity contribution is 9.10. The van der Waals surface area contributed by atoms with E-state index in [4.69, 9.17) is 9.84 Å². The Labute approximate surface area is 166 Å².